The van der Waals surface area contributed by atoms with E-state index in [1.807, 2.05) is 0 Å². The molecule has 1 fully saturated rings. The van der Waals surface area contributed by atoms with Crippen LogP contribution in [0, 0.1) is 0 Å². The van der Waals surface area contributed by atoms with Crippen molar-refractivity contribution in [2.75, 3.05) is 18.0 Å². The van der Waals surface area contributed by atoms with Crippen molar-refractivity contribution in [1.82, 2.24) is 14.7 Å². The van der Waals surface area contributed by atoms with Crippen molar-refractivity contribution in [1.29, 1.82) is 0 Å². The van der Waals surface area contributed by atoms with Crippen LogP contribution in [0.25, 0.3) is 0 Å². The number of fused-ring (bicyclic) bond motifs is 1. The van der Waals surface area contributed by atoms with Crippen LogP contribution in [-0.4, -0.2) is 22.4 Å². The normalized spacial score (nSPS) is 19.1. The molecule has 4 rings (SSSR count). The zero-order chi connectivity index (χ0) is 12.7. The minimum atomic E-state index is 0.630. The van der Waals surface area contributed by atoms with E-state index in [0.29, 0.717) is 5.92 Å². The van der Waals surface area contributed by atoms with Gasteiger partial charge in [0.05, 0.1) is 0 Å². The Morgan fingerprint density at radius 2 is 2.16 bits per heavy atom. The molecule has 4 nitrogen and oxygen atoms in total. The number of hydrogen-bond acceptors (Lipinski definition) is 5. The molecule has 1 aliphatic heterocycles. The van der Waals surface area contributed by atoms with E-state index >= 15 is 0 Å². The Balaban J connectivity index is 1.72. The van der Waals surface area contributed by atoms with Gasteiger partial charge in [0.1, 0.15) is 5.82 Å². The highest BCUT2D eigenvalue weighted by molar-refractivity contribution is 7.09. The fourth-order valence-corrected chi connectivity index (χ4v) is 3.29. The highest BCUT2D eigenvalue weighted by atomic mass is 32.1. The van der Waals surface area contributed by atoms with E-state index in [2.05, 4.69) is 38.9 Å². The number of benzene rings is 1. The SMILES string of the molecule is c1ccc2c(c1)CNCCN2c1nc(C2CC2)ns1. The topological polar surface area (TPSA) is 41.0 Å². The van der Waals surface area contributed by atoms with Crippen molar-refractivity contribution in [3.63, 3.8) is 0 Å². The summed E-state index contributed by atoms with van der Waals surface area (Å²) in [5.41, 5.74) is 2.61. The molecule has 0 atom stereocenters. The number of nitrogens with one attached hydrogen (secondary N) is 1. The highest BCUT2D eigenvalue weighted by Gasteiger charge is 2.29. The van der Waals surface area contributed by atoms with E-state index in [-0.39, 0.29) is 0 Å². The first-order valence-corrected chi connectivity index (χ1v) is 7.59. The summed E-state index contributed by atoms with van der Waals surface area (Å²) in [6.45, 7) is 2.87. The first-order valence-electron chi connectivity index (χ1n) is 6.81. The van der Waals surface area contributed by atoms with Gasteiger partial charge in [-0.3, -0.25) is 0 Å². The van der Waals surface area contributed by atoms with Gasteiger partial charge in [-0.25, -0.2) is 4.98 Å². The standard InChI is InChI=1S/C14H16N4S/c1-2-4-12-11(3-1)9-15-7-8-18(12)14-16-13(17-19-14)10-5-6-10/h1-4,10,15H,5-9H2. The summed E-state index contributed by atoms with van der Waals surface area (Å²) in [7, 11) is 0. The molecule has 0 spiro atoms. The maximum absolute atomic E-state index is 4.74. The number of para-hydroxylation sites is 1. The molecule has 1 N–H and O–H groups in total. The second kappa shape index (κ2) is 4.58. The Morgan fingerprint density at radius 1 is 1.26 bits per heavy atom. The van der Waals surface area contributed by atoms with Gasteiger partial charge in [-0.15, -0.1) is 0 Å². The summed E-state index contributed by atoms with van der Waals surface area (Å²) in [5, 5.41) is 4.50. The molecule has 1 saturated carbocycles. The fraction of sp³-hybridized carbons (Fsp3) is 0.429. The lowest BCUT2D eigenvalue weighted by Gasteiger charge is -2.20. The molecule has 19 heavy (non-hydrogen) atoms. The van der Waals surface area contributed by atoms with Gasteiger partial charge in [-0.2, -0.15) is 4.37 Å². The summed E-state index contributed by atoms with van der Waals surface area (Å²) in [6, 6.07) is 8.56. The van der Waals surface area contributed by atoms with Crippen LogP contribution in [0.1, 0.15) is 30.1 Å². The lowest BCUT2D eigenvalue weighted by atomic mass is 10.1. The van der Waals surface area contributed by atoms with Crippen molar-refractivity contribution in [2.45, 2.75) is 25.3 Å². The van der Waals surface area contributed by atoms with E-state index in [9.17, 15) is 0 Å². The van der Waals surface area contributed by atoms with Gasteiger partial charge >= 0.3 is 0 Å². The van der Waals surface area contributed by atoms with Crippen molar-refractivity contribution in [3.05, 3.63) is 35.7 Å². The minimum Gasteiger partial charge on any atom is -0.315 e. The second-order valence-corrected chi connectivity index (χ2v) is 5.90. The molecule has 0 saturated heterocycles. The largest absolute Gasteiger partial charge is 0.315 e. The maximum Gasteiger partial charge on any atom is 0.209 e. The van der Waals surface area contributed by atoms with Gasteiger partial charge in [0.25, 0.3) is 0 Å². The zero-order valence-electron chi connectivity index (χ0n) is 10.7. The number of hydrogen-bond donors (Lipinski definition) is 1. The monoisotopic (exact) mass is 272 g/mol. The lowest BCUT2D eigenvalue weighted by Crippen LogP contribution is -2.24. The Labute approximate surface area is 116 Å². The van der Waals surface area contributed by atoms with Crippen molar-refractivity contribution in [2.24, 2.45) is 0 Å². The Bertz CT molecular complexity index is 591. The van der Waals surface area contributed by atoms with Gasteiger partial charge in [0.15, 0.2) is 0 Å². The van der Waals surface area contributed by atoms with E-state index in [1.54, 1.807) is 0 Å². The number of aromatic nitrogens is 2. The Kier molecular flexibility index (Phi) is 2.74. The molecule has 1 aromatic heterocycles. The van der Waals surface area contributed by atoms with Gasteiger partial charge in [0, 0.05) is 42.8 Å². The minimum absolute atomic E-state index is 0.630. The third-order valence-electron chi connectivity index (χ3n) is 3.71. The lowest BCUT2D eigenvalue weighted by molar-refractivity contribution is 0.712. The molecular formula is C14H16N4S. The first kappa shape index (κ1) is 11.4. The summed E-state index contributed by atoms with van der Waals surface area (Å²) < 4.78 is 4.53. The van der Waals surface area contributed by atoms with Gasteiger partial charge in [0.2, 0.25) is 5.13 Å². The van der Waals surface area contributed by atoms with Crippen LogP contribution in [-0.2, 0) is 6.54 Å². The van der Waals surface area contributed by atoms with Crippen LogP contribution in [0.3, 0.4) is 0 Å². The summed E-state index contributed by atoms with van der Waals surface area (Å²) in [6.07, 6.45) is 2.52. The second-order valence-electron chi connectivity index (χ2n) is 5.17. The molecule has 98 valence electrons. The average molecular weight is 272 g/mol. The van der Waals surface area contributed by atoms with Gasteiger partial charge in [-0.1, -0.05) is 18.2 Å². The van der Waals surface area contributed by atoms with E-state index in [1.165, 1.54) is 35.6 Å². The molecular weight excluding hydrogens is 256 g/mol. The Hall–Kier alpha value is -1.46. The Morgan fingerprint density at radius 3 is 3.05 bits per heavy atom. The van der Waals surface area contributed by atoms with E-state index in [4.69, 9.17) is 4.98 Å². The molecule has 0 bridgehead atoms. The quantitative estimate of drug-likeness (QED) is 0.912. The smallest absolute Gasteiger partial charge is 0.209 e. The van der Waals surface area contributed by atoms with Crippen molar-refractivity contribution < 1.29 is 0 Å². The summed E-state index contributed by atoms with van der Waals surface area (Å²) in [4.78, 5) is 7.05. The van der Waals surface area contributed by atoms with Crippen molar-refractivity contribution in [3.8, 4) is 0 Å². The molecule has 2 heterocycles. The average Bonchev–Trinajstić information content (AvgIpc) is 3.22. The number of rotatable bonds is 2. The predicted octanol–water partition coefficient (Wildman–Crippen LogP) is 2.66. The molecule has 1 aromatic carbocycles. The van der Waals surface area contributed by atoms with Gasteiger partial charge in [-0.05, 0) is 24.5 Å². The van der Waals surface area contributed by atoms with Crippen molar-refractivity contribution >= 4 is 22.4 Å². The zero-order valence-corrected chi connectivity index (χ0v) is 11.5. The van der Waals surface area contributed by atoms with Crippen LogP contribution in [0.5, 0.6) is 0 Å². The van der Waals surface area contributed by atoms with Crippen LogP contribution in [0.15, 0.2) is 24.3 Å². The summed E-state index contributed by atoms with van der Waals surface area (Å²) >= 11 is 1.53. The summed E-state index contributed by atoms with van der Waals surface area (Å²) in [5.74, 6) is 1.68. The van der Waals surface area contributed by atoms with E-state index in [0.717, 1.165) is 30.6 Å². The molecule has 1 aliphatic carbocycles. The van der Waals surface area contributed by atoms with Crippen LogP contribution < -0.4 is 10.2 Å². The number of nitrogens with zero attached hydrogens (tertiary/aromatic N) is 3. The third-order valence-corrected chi connectivity index (χ3v) is 4.47. The number of anilines is 2. The highest BCUT2D eigenvalue weighted by Crippen LogP contribution is 2.40. The molecule has 0 unspecified atom stereocenters. The third kappa shape index (κ3) is 2.13. The first-order chi connectivity index (χ1) is 9.42. The van der Waals surface area contributed by atoms with Crippen LogP contribution in [0.2, 0.25) is 0 Å². The van der Waals surface area contributed by atoms with E-state index < -0.39 is 0 Å². The van der Waals surface area contributed by atoms with Crippen LogP contribution in [0.4, 0.5) is 10.8 Å². The molecule has 0 radical (unpaired) electrons. The predicted molar refractivity (Wildman–Crippen MR) is 77.0 cm³/mol. The maximum atomic E-state index is 4.74. The fourth-order valence-electron chi connectivity index (χ4n) is 2.50. The van der Waals surface area contributed by atoms with Gasteiger partial charge < -0.3 is 10.2 Å². The van der Waals surface area contributed by atoms with Crippen LogP contribution >= 0.6 is 11.5 Å². The molecule has 0 amide bonds. The molecule has 2 aromatic rings. The molecule has 5 heteroatoms. The molecule has 2 aliphatic rings.